The van der Waals surface area contributed by atoms with Crippen LogP contribution >= 0.6 is 0 Å². The van der Waals surface area contributed by atoms with Gasteiger partial charge in [-0.05, 0) is 47.1 Å². The van der Waals surface area contributed by atoms with Crippen molar-refractivity contribution in [2.75, 3.05) is 13.1 Å². The van der Waals surface area contributed by atoms with E-state index in [1.54, 1.807) is 9.58 Å². The van der Waals surface area contributed by atoms with E-state index in [9.17, 15) is 9.59 Å². The molecule has 1 fully saturated rings. The Morgan fingerprint density at radius 3 is 2.39 bits per heavy atom. The number of hydrogen-bond donors (Lipinski definition) is 0. The van der Waals surface area contributed by atoms with Crippen LogP contribution in [0.15, 0.2) is 10.9 Å². The molecule has 8 heteroatoms. The van der Waals surface area contributed by atoms with Crippen LogP contribution in [0.3, 0.4) is 0 Å². The van der Waals surface area contributed by atoms with E-state index in [4.69, 9.17) is 4.74 Å². The molecule has 0 N–H and O–H groups in total. The predicted molar refractivity (Wildman–Crippen MR) is 106 cm³/mol. The van der Waals surface area contributed by atoms with Gasteiger partial charge < -0.3 is 9.64 Å². The monoisotopic (exact) mass is 387 g/mol. The van der Waals surface area contributed by atoms with Crippen LogP contribution in [0.5, 0.6) is 0 Å². The highest BCUT2D eigenvalue weighted by Crippen LogP contribution is 2.14. The quantitative estimate of drug-likeness (QED) is 0.795. The van der Waals surface area contributed by atoms with Crippen molar-refractivity contribution in [1.82, 2.24) is 24.2 Å². The Kier molecular flexibility index (Phi) is 5.69. The Balaban J connectivity index is 2.04. The van der Waals surface area contributed by atoms with Gasteiger partial charge in [0, 0.05) is 24.3 Å². The van der Waals surface area contributed by atoms with Crippen molar-refractivity contribution >= 4 is 5.91 Å². The van der Waals surface area contributed by atoms with E-state index in [1.165, 1.54) is 4.57 Å². The van der Waals surface area contributed by atoms with Gasteiger partial charge in [-0.3, -0.25) is 14.2 Å². The average Bonchev–Trinajstić information content (AvgIpc) is 2.94. The van der Waals surface area contributed by atoms with E-state index < -0.39 is 0 Å². The van der Waals surface area contributed by atoms with E-state index in [0.29, 0.717) is 36.7 Å². The largest absolute Gasteiger partial charge is 0.372 e. The summed E-state index contributed by atoms with van der Waals surface area (Å²) in [5.41, 5.74) is 2.81. The van der Waals surface area contributed by atoms with Crippen LogP contribution in [0.1, 0.15) is 43.4 Å². The van der Waals surface area contributed by atoms with Crippen LogP contribution in [-0.4, -0.2) is 55.4 Å². The molecule has 3 rings (SSSR count). The molecule has 2 atom stereocenters. The van der Waals surface area contributed by atoms with Gasteiger partial charge in [-0.2, -0.15) is 5.10 Å². The molecule has 3 heterocycles. The SMILES string of the molecule is CCc1c(C)nc(-n2nc(C)cc2C)n(CC(=O)N2CC(C)OC(C)C2)c1=O. The van der Waals surface area contributed by atoms with E-state index >= 15 is 0 Å². The van der Waals surface area contributed by atoms with E-state index in [2.05, 4.69) is 10.1 Å². The lowest BCUT2D eigenvalue weighted by Gasteiger charge is -2.35. The molecule has 2 aromatic heterocycles. The zero-order valence-corrected chi connectivity index (χ0v) is 17.5. The third kappa shape index (κ3) is 3.87. The fourth-order valence-corrected chi connectivity index (χ4v) is 3.85. The lowest BCUT2D eigenvalue weighted by Crippen LogP contribution is -2.50. The first-order chi connectivity index (χ1) is 13.2. The van der Waals surface area contributed by atoms with Crippen LogP contribution in [0.4, 0.5) is 0 Å². The Bertz CT molecular complexity index is 936. The number of amides is 1. The van der Waals surface area contributed by atoms with Gasteiger partial charge >= 0.3 is 0 Å². The minimum Gasteiger partial charge on any atom is -0.372 e. The van der Waals surface area contributed by atoms with E-state index in [0.717, 1.165) is 11.4 Å². The molecule has 152 valence electrons. The summed E-state index contributed by atoms with van der Waals surface area (Å²) in [7, 11) is 0. The maximum atomic E-state index is 13.2. The van der Waals surface area contributed by atoms with E-state index in [-0.39, 0.29) is 30.2 Å². The van der Waals surface area contributed by atoms with Gasteiger partial charge in [-0.25, -0.2) is 9.67 Å². The van der Waals surface area contributed by atoms with Crippen molar-refractivity contribution in [1.29, 1.82) is 0 Å². The fourth-order valence-electron chi connectivity index (χ4n) is 3.85. The van der Waals surface area contributed by atoms with Gasteiger partial charge in [0.15, 0.2) is 0 Å². The lowest BCUT2D eigenvalue weighted by molar-refractivity contribution is -0.143. The molecule has 0 aliphatic carbocycles. The summed E-state index contributed by atoms with van der Waals surface area (Å²) in [5.74, 6) is 0.271. The topological polar surface area (TPSA) is 82.2 Å². The number of carbonyl (C=O) groups excluding carboxylic acids is 1. The number of hydrogen-bond acceptors (Lipinski definition) is 5. The van der Waals surface area contributed by atoms with Crippen molar-refractivity contribution in [2.24, 2.45) is 0 Å². The standard InChI is InChI=1S/C20H29N5O3/c1-7-17-16(6)21-20(25-13(3)8-12(2)22-25)24(19(17)27)11-18(26)23-9-14(4)28-15(5)10-23/h8,14-15H,7,9-11H2,1-6H3. The van der Waals surface area contributed by atoms with Crippen molar-refractivity contribution in [3.05, 3.63) is 39.1 Å². The summed E-state index contributed by atoms with van der Waals surface area (Å²) in [5, 5.41) is 4.47. The smallest absolute Gasteiger partial charge is 0.258 e. The summed E-state index contributed by atoms with van der Waals surface area (Å²) in [6, 6.07) is 1.92. The summed E-state index contributed by atoms with van der Waals surface area (Å²) in [6.45, 7) is 12.4. The lowest BCUT2D eigenvalue weighted by atomic mass is 10.2. The van der Waals surface area contributed by atoms with Crippen LogP contribution in [0, 0.1) is 20.8 Å². The second kappa shape index (κ2) is 7.87. The highest BCUT2D eigenvalue weighted by molar-refractivity contribution is 5.76. The first-order valence-electron chi connectivity index (χ1n) is 9.78. The number of morpholine rings is 1. The molecule has 2 unspecified atom stereocenters. The van der Waals surface area contributed by atoms with Crippen LogP contribution in [0.25, 0.3) is 5.95 Å². The molecule has 0 spiro atoms. The maximum Gasteiger partial charge on any atom is 0.258 e. The fraction of sp³-hybridized carbons (Fsp3) is 0.600. The average molecular weight is 387 g/mol. The molecular weight excluding hydrogens is 358 g/mol. The minimum absolute atomic E-state index is 0.0257. The Hall–Kier alpha value is -2.48. The Morgan fingerprint density at radius 2 is 1.86 bits per heavy atom. The normalized spacial score (nSPS) is 19.9. The second-order valence-electron chi connectivity index (χ2n) is 7.62. The van der Waals surface area contributed by atoms with Crippen LogP contribution in [-0.2, 0) is 22.5 Å². The molecule has 1 aliphatic rings. The molecule has 1 aliphatic heterocycles. The van der Waals surface area contributed by atoms with E-state index in [1.807, 2.05) is 47.6 Å². The van der Waals surface area contributed by atoms with Gasteiger partial charge in [0.25, 0.3) is 5.56 Å². The third-order valence-electron chi connectivity index (χ3n) is 5.07. The molecular formula is C20H29N5O3. The highest BCUT2D eigenvalue weighted by atomic mass is 16.5. The van der Waals surface area contributed by atoms with Gasteiger partial charge in [-0.15, -0.1) is 0 Å². The van der Waals surface area contributed by atoms with Gasteiger partial charge in [0.05, 0.1) is 23.6 Å². The molecule has 0 radical (unpaired) electrons. The molecule has 2 aromatic rings. The Morgan fingerprint density at radius 1 is 1.21 bits per heavy atom. The molecule has 1 saturated heterocycles. The minimum atomic E-state index is -0.180. The summed E-state index contributed by atoms with van der Waals surface area (Å²) >= 11 is 0. The summed E-state index contributed by atoms with van der Waals surface area (Å²) < 4.78 is 8.81. The molecule has 0 aromatic carbocycles. The molecule has 0 saturated carbocycles. The number of aromatic nitrogens is 4. The first kappa shape index (κ1) is 20.3. The first-order valence-corrected chi connectivity index (χ1v) is 9.78. The number of rotatable bonds is 4. The maximum absolute atomic E-state index is 13.2. The summed E-state index contributed by atoms with van der Waals surface area (Å²) in [6.07, 6.45) is 0.513. The highest BCUT2D eigenvalue weighted by Gasteiger charge is 2.27. The molecule has 0 bridgehead atoms. The van der Waals surface area contributed by atoms with Gasteiger partial charge in [0.2, 0.25) is 11.9 Å². The number of nitrogens with zero attached hydrogens (tertiary/aromatic N) is 5. The third-order valence-corrected chi connectivity index (χ3v) is 5.07. The number of aryl methyl sites for hydroxylation is 3. The van der Waals surface area contributed by atoms with Crippen molar-refractivity contribution in [3.63, 3.8) is 0 Å². The second-order valence-corrected chi connectivity index (χ2v) is 7.62. The van der Waals surface area contributed by atoms with Gasteiger partial charge in [-0.1, -0.05) is 6.92 Å². The van der Waals surface area contributed by atoms with Crippen LogP contribution < -0.4 is 5.56 Å². The van der Waals surface area contributed by atoms with Crippen molar-refractivity contribution in [3.8, 4) is 5.95 Å². The molecule has 28 heavy (non-hydrogen) atoms. The zero-order chi connectivity index (χ0) is 20.6. The van der Waals surface area contributed by atoms with Crippen LogP contribution in [0.2, 0.25) is 0 Å². The Labute approximate surface area is 165 Å². The summed E-state index contributed by atoms with van der Waals surface area (Å²) in [4.78, 5) is 32.6. The predicted octanol–water partition coefficient (Wildman–Crippen LogP) is 1.55. The number of carbonyl (C=O) groups is 1. The zero-order valence-electron chi connectivity index (χ0n) is 17.5. The van der Waals surface area contributed by atoms with Gasteiger partial charge in [0.1, 0.15) is 6.54 Å². The molecule has 8 nitrogen and oxygen atoms in total. The molecule has 1 amide bonds. The van der Waals surface area contributed by atoms with Crippen molar-refractivity contribution in [2.45, 2.75) is 66.7 Å². The number of ether oxygens (including phenoxy) is 1. The van der Waals surface area contributed by atoms with Crippen molar-refractivity contribution < 1.29 is 9.53 Å².